The van der Waals surface area contributed by atoms with Crippen molar-refractivity contribution in [2.24, 2.45) is 0 Å². The summed E-state index contributed by atoms with van der Waals surface area (Å²) in [4.78, 5) is 12.4. The van der Waals surface area contributed by atoms with Gasteiger partial charge in [0, 0.05) is 0 Å². The number of allylic oxidation sites excluding steroid dienone is 2. The van der Waals surface area contributed by atoms with Gasteiger partial charge in [-0.2, -0.15) is 0 Å². The topological polar surface area (TPSA) is 0 Å². The van der Waals surface area contributed by atoms with Crippen molar-refractivity contribution in [3.8, 4) is 0 Å². The molecule has 21 heavy (non-hydrogen) atoms. The van der Waals surface area contributed by atoms with Crippen molar-refractivity contribution in [2.45, 2.75) is 47.4 Å². The quantitative estimate of drug-likeness (QED) is 0.536. The second kappa shape index (κ2) is 4.97. The Bertz CT molecular complexity index is 753. The molecular formula is C18H22S2Sn. The average Bonchev–Trinajstić information content (AvgIpc) is 3.05. The van der Waals surface area contributed by atoms with Gasteiger partial charge in [-0.3, -0.25) is 0 Å². The Morgan fingerprint density at radius 3 is 2.00 bits per heavy atom. The van der Waals surface area contributed by atoms with Gasteiger partial charge in [-0.25, -0.2) is 0 Å². The van der Waals surface area contributed by atoms with E-state index in [9.17, 15) is 0 Å². The number of rotatable bonds is 1. The fraction of sp³-hybridized carbons (Fsp3) is 0.444. The van der Waals surface area contributed by atoms with Gasteiger partial charge in [-0.15, -0.1) is 0 Å². The molecule has 0 N–H and O–H groups in total. The van der Waals surface area contributed by atoms with E-state index in [2.05, 4.69) is 45.2 Å². The summed E-state index contributed by atoms with van der Waals surface area (Å²) < 4.78 is 1.76. The van der Waals surface area contributed by atoms with Crippen LogP contribution in [0, 0.1) is 6.92 Å². The molecule has 0 radical (unpaired) electrons. The van der Waals surface area contributed by atoms with Crippen LogP contribution >= 0.6 is 22.7 Å². The summed E-state index contributed by atoms with van der Waals surface area (Å²) in [6.07, 6.45) is 5.12. The van der Waals surface area contributed by atoms with Crippen molar-refractivity contribution >= 4 is 55.1 Å². The molecule has 0 atom stereocenters. The number of thiophene rings is 2. The summed E-state index contributed by atoms with van der Waals surface area (Å²) in [5, 5.41) is 0. The molecule has 0 nitrogen and oxygen atoms in total. The fourth-order valence-electron chi connectivity index (χ4n) is 3.57. The van der Waals surface area contributed by atoms with Gasteiger partial charge in [0.15, 0.2) is 0 Å². The van der Waals surface area contributed by atoms with Crippen molar-refractivity contribution in [3.63, 3.8) is 0 Å². The van der Waals surface area contributed by atoms with Crippen molar-refractivity contribution < 1.29 is 0 Å². The van der Waals surface area contributed by atoms with Crippen LogP contribution in [-0.2, 0) is 12.8 Å². The third kappa shape index (κ3) is 2.38. The van der Waals surface area contributed by atoms with E-state index in [-0.39, 0.29) is 0 Å². The summed E-state index contributed by atoms with van der Waals surface area (Å²) in [6, 6.07) is 4.98. The van der Waals surface area contributed by atoms with E-state index < -0.39 is 18.4 Å². The molecule has 0 aromatic carbocycles. The monoisotopic (exact) mass is 422 g/mol. The zero-order valence-electron chi connectivity index (χ0n) is 13.3. The minimum atomic E-state index is -1.91. The molecular weight excluding hydrogens is 399 g/mol. The van der Waals surface area contributed by atoms with Crippen molar-refractivity contribution in [1.29, 1.82) is 0 Å². The molecule has 0 amide bonds. The molecule has 0 bridgehead atoms. The summed E-state index contributed by atoms with van der Waals surface area (Å²) in [7, 11) is 0. The minimum absolute atomic E-state index is 1.27. The van der Waals surface area contributed by atoms with E-state index in [1.165, 1.54) is 30.6 Å². The molecule has 2 aliphatic carbocycles. The van der Waals surface area contributed by atoms with Crippen LogP contribution in [0.4, 0.5) is 0 Å². The van der Waals surface area contributed by atoms with Gasteiger partial charge in [0.1, 0.15) is 0 Å². The first-order valence-electron chi connectivity index (χ1n) is 7.89. The van der Waals surface area contributed by atoms with Crippen LogP contribution in [0.3, 0.4) is 0 Å². The summed E-state index contributed by atoms with van der Waals surface area (Å²) >= 11 is 2.26. The molecule has 2 heterocycles. The molecule has 0 fully saturated rings. The first kappa shape index (κ1) is 14.5. The maximum absolute atomic E-state index is 2.57. The fourth-order valence-corrected chi connectivity index (χ4v) is 11.3. The van der Waals surface area contributed by atoms with E-state index in [1.807, 2.05) is 11.3 Å². The van der Waals surface area contributed by atoms with Gasteiger partial charge in [0.25, 0.3) is 0 Å². The normalized spacial score (nSPS) is 21.0. The predicted molar refractivity (Wildman–Crippen MR) is 99.8 cm³/mol. The van der Waals surface area contributed by atoms with Crippen LogP contribution in [0.2, 0.25) is 14.8 Å². The Labute approximate surface area is 139 Å². The molecule has 110 valence electrons. The second-order valence-electron chi connectivity index (χ2n) is 7.38. The van der Waals surface area contributed by atoms with Crippen LogP contribution in [-0.4, -0.2) is 18.4 Å². The Morgan fingerprint density at radius 2 is 1.38 bits per heavy atom. The summed E-state index contributed by atoms with van der Waals surface area (Å²) in [5.41, 5.74) is 6.67. The molecule has 4 rings (SSSR count). The van der Waals surface area contributed by atoms with Crippen LogP contribution < -0.4 is 2.89 Å². The number of hydrogen-bond acceptors (Lipinski definition) is 2. The van der Waals surface area contributed by atoms with E-state index in [4.69, 9.17) is 0 Å². The van der Waals surface area contributed by atoms with Gasteiger partial charge in [0.2, 0.25) is 0 Å². The third-order valence-corrected chi connectivity index (χ3v) is 16.5. The van der Waals surface area contributed by atoms with Crippen LogP contribution in [0.25, 0.3) is 11.1 Å². The number of aryl methyl sites for hydroxylation is 3. The maximum atomic E-state index is 2.57. The summed E-state index contributed by atoms with van der Waals surface area (Å²) in [6.45, 7) is 2.25. The molecule has 3 heteroatoms. The molecule has 0 unspecified atom stereocenters. The average molecular weight is 421 g/mol. The SMILES string of the molecule is Cc1cc2c(s1)/C(=C1\CCc3c[c]([Sn]([CH3])([CH3])[CH3])sc31)CC2. The zero-order valence-corrected chi connectivity index (χ0v) is 17.8. The van der Waals surface area contributed by atoms with E-state index in [0.29, 0.717) is 0 Å². The van der Waals surface area contributed by atoms with E-state index >= 15 is 0 Å². The number of fused-ring (bicyclic) bond motifs is 2. The predicted octanol–water partition coefficient (Wildman–Crippen LogP) is 5.47. The molecule has 0 aliphatic heterocycles. The van der Waals surface area contributed by atoms with Gasteiger partial charge in [-0.05, 0) is 0 Å². The Kier molecular flexibility index (Phi) is 3.44. The Balaban J connectivity index is 1.84. The van der Waals surface area contributed by atoms with Crippen LogP contribution in [0.5, 0.6) is 0 Å². The Hall–Kier alpha value is -0.0613. The van der Waals surface area contributed by atoms with E-state index in [1.54, 1.807) is 34.9 Å². The molecule has 0 saturated carbocycles. The van der Waals surface area contributed by atoms with Crippen molar-refractivity contribution in [1.82, 2.24) is 0 Å². The third-order valence-electron chi connectivity index (χ3n) is 4.68. The molecule has 2 aromatic rings. The first-order chi connectivity index (χ1) is 9.93. The standard InChI is InChI=1S/C15H13S2.3CH3.Sn/c1-9-8-11-3-5-13(15(11)17-9)12-4-2-10-6-7-16-14(10)12;;;;/h6,8H,2-5H2,1H3;3*1H3;/b13-12+;;;;. The van der Waals surface area contributed by atoms with Gasteiger partial charge >= 0.3 is 140 Å². The first-order valence-corrected chi connectivity index (χ1v) is 19.5. The zero-order chi connectivity index (χ0) is 14.8. The van der Waals surface area contributed by atoms with Gasteiger partial charge in [0.05, 0.1) is 0 Å². The van der Waals surface area contributed by atoms with Crippen molar-refractivity contribution in [3.05, 3.63) is 37.9 Å². The molecule has 0 saturated heterocycles. The van der Waals surface area contributed by atoms with Crippen LogP contribution in [0.1, 0.15) is 38.6 Å². The van der Waals surface area contributed by atoms with E-state index in [0.717, 1.165) is 0 Å². The molecule has 0 spiro atoms. The summed E-state index contributed by atoms with van der Waals surface area (Å²) in [5.74, 6) is 0. The van der Waals surface area contributed by atoms with Gasteiger partial charge in [-0.1, -0.05) is 0 Å². The number of hydrogen-bond donors (Lipinski definition) is 0. The van der Waals surface area contributed by atoms with Crippen LogP contribution in [0.15, 0.2) is 12.1 Å². The second-order valence-corrected chi connectivity index (χ2v) is 25.1. The van der Waals surface area contributed by atoms with Crippen molar-refractivity contribution in [2.75, 3.05) is 0 Å². The van der Waals surface area contributed by atoms with Gasteiger partial charge < -0.3 is 0 Å². The molecule has 2 aliphatic rings. The molecule has 2 aromatic heterocycles. The Morgan fingerprint density at radius 1 is 0.810 bits per heavy atom.